The minimum absolute atomic E-state index is 0.0175. The van der Waals surface area contributed by atoms with Crippen molar-refractivity contribution in [3.63, 3.8) is 0 Å². The van der Waals surface area contributed by atoms with Gasteiger partial charge in [0.05, 0.1) is 21.6 Å². The Morgan fingerprint density at radius 3 is 2.11 bits per heavy atom. The maximum Gasteiger partial charge on any atom is 0.274 e. The fraction of sp³-hybridized carbons (Fsp3) is 0.185. The average molecular weight is 561 g/mol. The number of non-ortho nitro benzene ring substituents is 2. The third kappa shape index (κ3) is 4.92. The molecule has 3 aromatic carbocycles. The number of fused-ring (bicyclic) bond motifs is 1. The molecule has 1 fully saturated rings. The fourth-order valence-electron chi connectivity index (χ4n) is 4.91. The summed E-state index contributed by atoms with van der Waals surface area (Å²) < 4.78 is 0.852. The van der Waals surface area contributed by atoms with Gasteiger partial charge < -0.3 is 0 Å². The van der Waals surface area contributed by atoms with Crippen LogP contribution in [0.15, 0.2) is 87.9 Å². The van der Waals surface area contributed by atoms with Crippen LogP contribution in [0.2, 0.25) is 0 Å². The number of allylic oxidation sites excluding steroid dienone is 1. The first-order valence-corrected chi connectivity index (χ1v) is 12.5. The van der Waals surface area contributed by atoms with E-state index in [-0.39, 0.29) is 23.2 Å². The first kappa shape index (κ1) is 24.5. The van der Waals surface area contributed by atoms with Crippen LogP contribution >= 0.6 is 15.9 Å². The Bertz CT molecular complexity index is 1430. The van der Waals surface area contributed by atoms with Crippen LogP contribution in [0.1, 0.15) is 46.8 Å². The molecule has 0 N–H and O–H groups in total. The highest BCUT2D eigenvalue weighted by molar-refractivity contribution is 9.10. The zero-order valence-electron chi connectivity index (χ0n) is 19.5. The van der Waals surface area contributed by atoms with Gasteiger partial charge in [0.15, 0.2) is 0 Å². The zero-order chi connectivity index (χ0) is 26.1. The third-order valence-electron chi connectivity index (χ3n) is 6.69. The predicted octanol–water partition coefficient (Wildman–Crippen LogP) is 6.70. The molecule has 2 atom stereocenters. The number of hydrogen-bond donors (Lipinski definition) is 0. The number of carbonyl (C=O) groups excluding carboxylic acids is 1. The lowest BCUT2D eigenvalue weighted by atomic mass is 9.77. The highest BCUT2D eigenvalue weighted by atomic mass is 79.9. The summed E-state index contributed by atoms with van der Waals surface area (Å²) in [7, 11) is 0. The number of nitrogens with zero attached hydrogens (tertiary/aromatic N) is 4. The van der Waals surface area contributed by atoms with E-state index in [4.69, 9.17) is 5.10 Å². The number of benzene rings is 3. The van der Waals surface area contributed by atoms with Crippen molar-refractivity contribution in [3.05, 3.63) is 120 Å². The molecule has 3 aromatic rings. The number of hydrazone groups is 1. The van der Waals surface area contributed by atoms with Crippen LogP contribution < -0.4 is 0 Å². The summed E-state index contributed by atoms with van der Waals surface area (Å²) in [6, 6.07) is 19.3. The summed E-state index contributed by atoms with van der Waals surface area (Å²) in [6.07, 6.45) is 4.42. The molecule has 5 rings (SSSR count). The van der Waals surface area contributed by atoms with Crippen molar-refractivity contribution < 1.29 is 14.6 Å². The monoisotopic (exact) mass is 560 g/mol. The number of nitro benzene ring substituents is 2. The second-order valence-corrected chi connectivity index (χ2v) is 9.87. The Kier molecular flexibility index (Phi) is 6.66. The van der Waals surface area contributed by atoms with Crippen molar-refractivity contribution in [2.45, 2.75) is 25.3 Å². The van der Waals surface area contributed by atoms with Crippen molar-refractivity contribution in [1.82, 2.24) is 5.01 Å². The third-order valence-corrected chi connectivity index (χ3v) is 7.22. The lowest BCUT2D eigenvalue weighted by molar-refractivity contribution is -0.385. The van der Waals surface area contributed by atoms with E-state index in [1.165, 1.54) is 29.3 Å². The number of nitro groups is 2. The first-order chi connectivity index (χ1) is 17.8. The van der Waals surface area contributed by atoms with Gasteiger partial charge in [-0.3, -0.25) is 25.0 Å². The number of halogens is 1. The van der Waals surface area contributed by atoms with Gasteiger partial charge in [0.25, 0.3) is 17.3 Å². The Morgan fingerprint density at radius 2 is 1.51 bits per heavy atom. The second-order valence-electron chi connectivity index (χ2n) is 8.95. The highest BCUT2D eigenvalue weighted by Crippen LogP contribution is 2.45. The zero-order valence-corrected chi connectivity index (χ0v) is 21.1. The molecule has 1 aliphatic carbocycles. The molecule has 37 heavy (non-hydrogen) atoms. The molecule has 1 amide bonds. The van der Waals surface area contributed by atoms with Crippen LogP contribution in [0.5, 0.6) is 0 Å². The summed E-state index contributed by atoms with van der Waals surface area (Å²) in [5, 5.41) is 28.5. The normalized spacial score (nSPS) is 19.9. The molecular weight excluding hydrogens is 540 g/mol. The number of carbonyl (C=O) groups is 1. The minimum atomic E-state index is -0.448. The van der Waals surface area contributed by atoms with Crippen molar-refractivity contribution in [2.24, 2.45) is 11.0 Å². The minimum Gasteiger partial charge on any atom is -0.267 e. The molecule has 0 bridgehead atoms. The summed E-state index contributed by atoms with van der Waals surface area (Å²) >= 11 is 3.39. The van der Waals surface area contributed by atoms with E-state index >= 15 is 0 Å². The van der Waals surface area contributed by atoms with Crippen LogP contribution in [0, 0.1) is 26.1 Å². The number of rotatable bonds is 5. The molecule has 1 saturated carbocycles. The van der Waals surface area contributed by atoms with E-state index in [2.05, 4.69) is 15.9 Å². The molecule has 9 nitrogen and oxygen atoms in total. The smallest absolute Gasteiger partial charge is 0.267 e. The largest absolute Gasteiger partial charge is 0.274 e. The molecule has 1 heterocycles. The fourth-order valence-corrected chi connectivity index (χ4v) is 5.18. The maximum absolute atomic E-state index is 13.6. The van der Waals surface area contributed by atoms with Crippen LogP contribution in [0.3, 0.4) is 0 Å². The molecule has 2 aliphatic rings. The van der Waals surface area contributed by atoms with E-state index in [0.717, 1.165) is 46.1 Å². The lowest BCUT2D eigenvalue weighted by Gasteiger charge is -2.29. The Balaban J connectivity index is 1.55. The summed E-state index contributed by atoms with van der Waals surface area (Å²) in [6.45, 7) is 0. The van der Waals surface area contributed by atoms with Gasteiger partial charge in [-0.15, -0.1) is 0 Å². The summed E-state index contributed by atoms with van der Waals surface area (Å²) in [5.74, 6) is -0.341. The SMILES string of the molecule is O=C(c1ccc(Br)cc1)N1N=C2/C(=C/c3ccc([N+](=O)[O-])cc3)CCC[C@@H]2[C@H]1c1ccc([N+](=O)[O-])cc1. The van der Waals surface area contributed by atoms with Crippen LogP contribution in [0.25, 0.3) is 6.08 Å². The van der Waals surface area contributed by atoms with Gasteiger partial charge in [-0.2, -0.15) is 5.10 Å². The average Bonchev–Trinajstić information content (AvgIpc) is 3.30. The van der Waals surface area contributed by atoms with E-state index in [1.54, 1.807) is 48.5 Å². The quantitative estimate of drug-likeness (QED) is 0.254. The van der Waals surface area contributed by atoms with Gasteiger partial charge in [0, 0.05) is 40.2 Å². The van der Waals surface area contributed by atoms with Gasteiger partial charge in [-0.05, 0) is 78.4 Å². The molecule has 0 spiro atoms. The molecule has 10 heteroatoms. The standard InChI is InChI=1S/C27H21BrN4O5/c28-21-10-6-19(7-11-21)27(33)30-26(18-8-14-23(15-9-18)32(36)37)24-3-1-2-20(25(24)29-30)16-17-4-12-22(13-5-17)31(34)35/h4-16,24,26H,1-3H2/b20-16+/t24-,26+/m0/s1. The van der Waals surface area contributed by atoms with E-state index < -0.39 is 15.9 Å². The molecule has 0 saturated heterocycles. The lowest BCUT2D eigenvalue weighted by Crippen LogP contribution is -2.31. The topological polar surface area (TPSA) is 119 Å². The Morgan fingerprint density at radius 1 is 0.919 bits per heavy atom. The second kappa shape index (κ2) is 10.1. The van der Waals surface area contributed by atoms with Gasteiger partial charge in [-0.1, -0.05) is 28.1 Å². The van der Waals surface area contributed by atoms with Crippen LogP contribution in [0.4, 0.5) is 11.4 Å². The number of amides is 1. The Hall–Kier alpha value is -4.18. The van der Waals surface area contributed by atoms with Crippen LogP contribution in [-0.2, 0) is 0 Å². The summed E-state index contributed by atoms with van der Waals surface area (Å²) in [4.78, 5) is 35.0. The van der Waals surface area contributed by atoms with Crippen LogP contribution in [-0.4, -0.2) is 26.5 Å². The number of hydrogen-bond acceptors (Lipinski definition) is 6. The van der Waals surface area contributed by atoms with E-state index in [0.29, 0.717) is 5.56 Å². The molecule has 0 aromatic heterocycles. The molecular formula is C27H21BrN4O5. The van der Waals surface area contributed by atoms with Crippen molar-refractivity contribution in [2.75, 3.05) is 0 Å². The van der Waals surface area contributed by atoms with E-state index in [1.807, 2.05) is 6.08 Å². The van der Waals surface area contributed by atoms with Gasteiger partial charge >= 0.3 is 0 Å². The molecule has 0 radical (unpaired) electrons. The van der Waals surface area contributed by atoms with Gasteiger partial charge in [0.2, 0.25) is 0 Å². The molecule has 186 valence electrons. The van der Waals surface area contributed by atoms with Crippen molar-refractivity contribution >= 4 is 45.0 Å². The maximum atomic E-state index is 13.6. The van der Waals surface area contributed by atoms with Crippen molar-refractivity contribution in [1.29, 1.82) is 0 Å². The highest BCUT2D eigenvalue weighted by Gasteiger charge is 2.44. The van der Waals surface area contributed by atoms with E-state index in [9.17, 15) is 25.0 Å². The first-order valence-electron chi connectivity index (χ1n) is 11.7. The predicted molar refractivity (Wildman–Crippen MR) is 142 cm³/mol. The molecule has 1 aliphatic heterocycles. The van der Waals surface area contributed by atoms with Gasteiger partial charge in [0.1, 0.15) is 0 Å². The molecule has 0 unspecified atom stereocenters. The van der Waals surface area contributed by atoms with Gasteiger partial charge in [-0.25, -0.2) is 5.01 Å². The Labute approximate surface area is 220 Å². The summed E-state index contributed by atoms with van der Waals surface area (Å²) in [5.41, 5.74) is 3.85. The van der Waals surface area contributed by atoms with Crippen molar-refractivity contribution in [3.8, 4) is 0 Å².